The predicted molar refractivity (Wildman–Crippen MR) is 111 cm³/mol. The fourth-order valence-corrected chi connectivity index (χ4v) is 4.85. The fourth-order valence-electron chi connectivity index (χ4n) is 4.85. The molecule has 3 aliphatic heterocycles. The third-order valence-corrected chi connectivity index (χ3v) is 6.86. The fraction of sp³-hybridized carbons (Fsp3) is 0.696. The van der Waals surface area contributed by atoms with Crippen molar-refractivity contribution in [3.8, 4) is 5.75 Å². The Morgan fingerprint density at radius 1 is 1.17 bits per heavy atom. The summed E-state index contributed by atoms with van der Waals surface area (Å²) in [4.78, 5) is 16.9. The number of aryl methyl sites for hydroxylation is 1. The summed E-state index contributed by atoms with van der Waals surface area (Å²) in [5.74, 6) is 0.817. The molecule has 1 amide bonds. The van der Waals surface area contributed by atoms with Crippen LogP contribution in [0.15, 0.2) is 24.3 Å². The number of benzene rings is 1. The van der Waals surface area contributed by atoms with Gasteiger partial charge < -0.3 is 24.4 Å². The molecular weight excluding hydrogens is 368 g/mol. The summed E-state index contributed by atoms with van der Waals surface area (Å²) in [6.07, 6.45) is 5.03. The van der Waals surface area contributed by atoms with Crippen molar-refractivity contribution >= 4 is 5.91 Å². The Labute approximate surface area is 173 Å². The lowest BCUT2D eigenvalue weighted by Gasteiger charge is -2.38. The molecule has 0 saturated carbocycles. The van der Waals surface area contributed by atoms with Gasteiger partial charge in [-0.3, -0.25) is 4.79 Å². The van der Waals surface area contributed by atoms with E-state index in [0.29, 0.717) is 0 Å². The number of carbonyl (C=O) groups is 1. The molecule has 29 heavy (non-hydrogen) atoms. The maximum atomic E-state index is 12.5. The summed E-state index contributed by atoms with van der Waals surface area (Å²) in [7, 11) is 0. The maximum Gasteiger partial charge on any atom is 0.260 e. The number of rotatable bonds is 5. The highest BCUT2D eigenvalue weighted by molar-refractivity contribution is 5.77. The highest BCUT2D eigenvalue weighted by Gasteiger charge is 2.43. The van der Waals surface area contributed by atoms with Gasteiger partial charge in [-0.15, -0.1) is 0 Å². The molecule has 6 nitrogen and oxygen atoms in total. The van der Waals surface area contributed by atoms with Crippen LogP contribution in [0.1, 0.15) is 37.7 Å². The van der Waals surface area contributed by atoms with Crippen LogP contribution in [0.3, 0.4) is 0 Å². The maximum absolute atomic E-state index is 12.5. The van der Waals surface area contributed by atoms with Crippen LogP contribution in [-0.2, 0) is 9.53 Å². The van der Waals surface area contributed by atoms with E-state index in [1.165, 1.54) is 5.56 Å². The lowest BCUT2D eigenvalue weighted by molar-refractivity contribution is -0.135. The average Bonchev–Trinajstić information content (AvgIpc) is 3.11. The first-order valence-corrected chi connectivity index (χ1v) is 11.0. The van der Waals surface area contributed by atoms with Gasteiger partial charge in [-0.25, -0.2) is 0 Å². The molecule has 160 valence electrons. The number of ether oxygens (including phenoxy) is 2. The van der Waals surface area contributed by atoms with Crippen LogP contribution in [0.25, 0.3) is 0 Å². The van der Waals surface area contributed by atoms with E-state index in [0.717, 1.165) is 77.2 Å². The van der Waals surface area contributed by atoms with E-state index in [1.807, 2.05) is 36.1 Å². The molecule has 1 N–H and O–H groups in total. The molecule has 0 aliphatic carbocycles. The molecule has 6 heteroatoms. The molecule has 0 aromatic heterocycles. The SMILES string of the molecule is Cc1ccc(OCC(=O)N2CCC3(CC2)CO[C@H](CN2CCC(O)CC2)C3)cc1. The van der Waals surface area contributed by atoms with Crippen LogP contribution in [0, 0.1) is 12.3 Å². The molecule has 0 radical (unpaired) electrons. The van der Waals surface area contributed by atoms with Gasteiger partial charge in [0, 0.05) is 32.7 Å². The van der Waals surface area contributed by atoms with Crippen molar-refractivity contribution in [2.75, 3.05) is 45.9 Å². The molecule has 3 fully saturated rings. The molecule has 0 bridgehead atoms. The summed E-state index contributed by atoms with van der Waals surface area (Å²) in [6.45, 7) is 7.46. The average molecular weight is 403 g/mol. The highest BCUT2D eigenvalue weighted by Crippen LogP contribution is 2.42. The Bertz CT molecular complexity index is 677. The van der Waals surface area contributed by atoms with Crippen LogP contribution in [0.4, 0.5) is 0 Å². The van der Waals surface area contributed by atoms with Gasteiger partial charge in [-0.05, 0) is 56.6 Å². The third kappa shape index (κ3) is 5.30. The Morgan fingerprint density at radius 2 is 1.86 bits per heavy atom. The first-order chi connectivity index (χ1) is 14.0. The Kier molecular flexibility index (Phi) is 6.42. The number of likely N-dealkylation sites (tertiary alicyclic amines) is 2. The zero-order chi connectivity index (χ0) is 20.3. The Hall–Kier alpha value is -1.63. The number of carbonyl (C=O) groups excluding carboxylic acids is 1. The summed E-state index contributed by atoms with van der Waals surface area (Å²) >= 11 is 0. The van der Waals surface area contributed by atoms with Gasteiger partial charge >= 0.3 is 0 Å². The molecule has 1 atom stereocenters. The molecule has 3 heterocycles. The first kappa shape index (κ1) is 20.6. The second kappa shape index (κ2) is 9.02. The molecular formula is C23H34N2O4. The summed E-state index contributed by atoms with van der Waals surface area (Å²) < 4.78 is 11.8. The number of piperidine rings is 2. The summed E-state index contributed by atoms with van der Waals surface area (Å²) in [6, 6.07) is 7.81. The van der Waals surface area contributed by atoms with Gasteiger partial charge in [0.2, 0.25) is 0 Å². The summed E-state index contributed by atoms with van der Waals surface area (Å²) in [5, 5.41) is 9.67. The minimum atomic E-state index is -0.126. The number of aliphatic hydroxyl groups is 1. The molecule has 1 aromatic rings. The van der Waals surface area contributed by atoms with E-state index in [9.17, 15) is 9.90 Å². The predicted octanol–water partition coefficient (Wildman–Crippen LogP) is 2.23. The minimum absolute atomic E-state index is 0.0720. The number of hydrogen-bond donors (Lipinski definition) is 1. The van der Waals surface area contributed by atoms with Gasteiger partial charge in [0.05, 0.1) is 18.8 Å². The van der Waals surface area contributed by atoms with E-state index in [2.05, 4.69) is 4.90 Å². The molecule has 1 spiro atoms. The van der Waals surface area contributed by atoms with E-state index in [-0.39, 0.29) is 30.1 Å². The Balaban J connectivity index is 1.19. The van der Waals surface area contributed by atoms with E-state index in [1.54, 1.807) is 0 Å². The minimum Gasteiger partial charge on any atom is -0.484 e. The van der Waals surface area contributed by atoms with Crippen LogP contribution in [-0.4, -0.2) is 79.0 Å². The monoisotopic (exact) mass is 402 g/mol. The third-order valence-electron chi connectivity index (χ3n) is 6.86. The highest BCUT2D eigenvalue weighted by atomic mass is 16.5. The molecule has 0 unspecified atom stereocenters. The topological polar surface area (TPSA) is 62.2 Å². The van der Waals surface area contributed by atoms with Crippen molar-refractivity contribution in [3.05, 3.63) is 29.8 Å². The van der Waals surface area contributed by atoms with Crippen molar-refractivity contribution in [2.24, 2.45) is 5.41 Å². The van der Waals surface area contributed by atoms with Crippen molar-refractivity contribution in [1.82, 2.24) is 9.80 Å². The Morgan fingerprint density at radius 3 is 2.55 bits per heavy atom. The molecule has 1 aromatic carbocycles. The van der Waals surface area contributed by atoms with Crippen LogP contribution in [0.2, 0.25) is 0 Å². The second-order valence-corrected chi connectivity index (χ2v) is 9.15. The lowest BCUT2D eigenvalue weighted by Crippen LogP contribution is -2.45. The van der Waals surface area contributed by atoms with Gasteiger partial charge in [-0.1, -0.05) is 17.7 Å². The number of nitrogens with zero attached hydrogens (tertiary/aromatic N) is 2. The van der Waals surface area contributed by atoms with Crippen molar-refractivity contribution in [2.45, 2.75) is 51.2 Å². The zero-order valence-electron chi connectivity index (χ0n) is 17.5. The van der Waals surface area contributed by atoms with Gasteiger partial charge in [0.25, 0.3) is 5.91 Å². The molecule has 3 aliphatic rings. The van der Waals surface area contributed by atoms with E-state index >= 15 is 0 Å². The van der Waals surface area contributed by atoms with Gasteiger partial charge in [0.15, 0.2) is 6.61 Å². The lowest BCUT2D eigenvalue weighted by atomic mass is 9.76. The molecule has 4 rings (SSSR count). The van der Waals surface area contributed by atoms with Crippen LogP contribution < -0.4 is 4.74 Å². The second-order valence-electron chi connectivity index (χ2n) is 9.15. The normalized spacial score (nSPS) is 25.4. The number of hydrogen-bond acceptors (Lipinski definition) is 5. The standard InChI is InChI=1S/C23H34N2O4/c1-18-2-4-20(5-3-18)28-16-22(27)25-12-8-23(9-13-25)14-21(29-17-23)15-24-10-6-19(26)7-11-24/h2-5,19,21,26H,6-17H2,1H3/t21-/m0/s1. The first-order valence-electron chi connectivity index (χ1n) is 11.0. The largest absolute Gasteiger partial charge is 0.484 e. The van der Waals surface area contributed by atoms with Gasteiger partial charge in [0.1, 0.15) is 5.75 Å². The smallest absolute Gasteiger partial charge is 0.260 e. The zero-order valence-corrected chi connectivity index (χ0v) is 17.5. The van der Waals surface area contributed by atoms with Crippen LogP contribution >= 0.6 is 0 Å². The van der Waals surface area contributed by atoms with Crippen molar-refractivity contribution in [1.29, 1.82) is 0 Å². The summed E-state index contributed by atoms with van der Waals surface area (Å²) in [5.41, 5.74) is 1.41. The van der Waals surface area contributed by atoms with E-state index in [4.69, 9.17) is 9.47 Å². The number of amides is 1. The van der Waals surface area contributed by atoms with Crippen molar-refractivity contribution < 1.29 is 19.4 Å². The number of aliphatic hydroxyl groups excluding tert-OH is 1. The quantitative estimate of drug-likeness (QED) is 0.818. The van der Waals surface area contributed by atoms with E-state index < -0.39 is 0 Å². The molecule has 3 saturated heterocycles. The van der Waals surface area contributed by atoms with Crippen molar-refractivity contribution in [3.63, 3.8) is 0 Å². The van der Waals surface area contributed by atoms with Crippen LogP contribution in [0.5, 0.6) is 5.75 Å². The van der Waals surface area contributed by atoms with Gasteiger partial charge in [-0.2, -0.15) is 0 Å².